The van der Waals surface area contributed by atoms with Gasteiger partial charge in [0.25, 0.3) is 0 Å². The monoisotopic (exact) mass is 393 g/mol. The van der Waals surface area contributed by atoms with Crippen molar-refractivity contribution in [3.63, 3.8) is 0 Å². The standard InChI is InChI=1S/C20H25ClFN3O2/c1-3-23-20(25-13-19(26)15-4-7-16(22)8-5-15)24-11-10-14-6-9-17(27-2)12-18(14)21/h4-9,12,19,26H,3,10-11,13H2,1-2H3,(H2,23,24,25). The summed E-state index contributed by atoms with van der Waals surface area (Å²) in [5, 5.41) is 17.2. The molecular weight excluding hydrogens is 369 g/mol. The summed E-state index contributed by atoms with van der Waals surface area (Å²) in [6.07, 6.45) is -0.0783. The molecular formula is C20H25ClFN3O2. The number of guanidine groups is 1. The van der Waals surface area contributed by atoms with E-state index < -0.39 is 6.10 Å². The number of methoxy groups -OCH3 is 1. The maximum atomic E-state index is 13.0. The van der Waals surface area contributed by atoms with Crippen LogP contribution in [0.15, 0.2) is 47.5 Å². The molecule has 0 saturated carbocycles. The molecule has 0 fully saturated rings. The molecule has 0 radical (unpaired) electrons. The lowest BCUT2D eigenvalue weighted by molar-refractivity contribution is 0.187. The van der Waals surface area contributed by atoms with Gasteiger partial charge in [-0.1, -0.05) is 29.8 Å². The predicted octanol–water partition coefficient (Wildman–Crippen LogP) is 3.32. The van der Waals surface area contributed by atoms with E-state index in [0.717, 1.165) is 11.3 Å². The first-order chi connectivity index (χ1) is 13.0. The maximum Gasteiger partial charge on any atom is 0.191 e. The molecule has 2 aromatic carbocycles. The average molecular weight is 394 g/mol. The van der Waals surface area contributed by atoms with Crippen molar-refractivity contribution in [2.75, 3.05) is 26.7 Å². The van der Waals surface area contributed by atoms with Crippen molar-refractivity contribution in [1.29, 1.82) is 0 Å². The molecule has 0 spiro atoms. The molecule has 1 atom stereocenters. The van der Waals surface area contributed by atoms with Crippen LogP contribution in [0.25, 0.3) is 0 Å². The number of aliphatic hydroxyl groups excluding tert-OH is 1. The highest BCUT2D eigenvalue weighted by molar-refractivity contribution is 6.31. The Kier molecular flexibility index (Phi) is 8.36. The zero-order valence-electron chi connectivity index (χ0n) is 15.5. The maximum absolute atomic E-state index is 13.0. The van der Waals surface area contributed by atoms with Gasteiger partial charge >= 0.3 is 0 Å². The third-order valence-corrected chi connectivity index (χ3v) is 4.32. The Hall–Kier alpha value is -2.31. The minimum atomic E-state index is -0.794. The lowest BCUT2D eigenvalue weighted by atomic mass is 10.1. The van der Waals surface area contributed by atoms with Gasteiger partial charge in [-0.15, -0.1) is 0 Å². The molecule has 0 bridgehead atoms. The molecule has 7 heteroatoms. The molecule has 0 aliphatic carbocycles. The Balaban J connectivity index is 1.90. The van der Waals surface area contributed by atoms with Crippen LogP contribution < -0.4 is 15.4 Å². The molecule has 27 heavy (non-hydrogen) atoms. The van der Waals surface area contributed by atoms with E-state index in [1.807, 2.05) is 19.1 Å². The fraction of sp³-hybridized carbons (Fsp3) is 0.350. The van der Waals surface area contributed by atoms with Gasteiger partial charge in [-0.3, -0.25) is 4.99 Å². The first-order valence-electron chi connectivity index (χ1n) is 8.81. The van der Waals surface area contributed by atoms with Gasteiger partial charge in [0.15, 0.2) is 5.96 Å². The normalized spacial score (nSPS) is 12.6. The third-order valence-electron chi connectivity index (χ3n) is 3.97. The quantitative estimate of drug-likeness (QED) is 0.475. The van der Waals surface area contributed by atoms with Crippen LogP contribution in [0.1, 0.15) is 24.2 Å². The van der Waals surface area contributed by atoms with Gasteiger partial charge < -0.3 is 20.5 Å². The lowest BCUT2D eigenvalue weighted by Gasteiger charge is -2.14. The molecule has 146 valence electrons. The second-order valence-corrected chi connectivity index (χ2v) is 6.33. The van der Waals surface area contributed by atoms with Crippen LogP contribution in [0.2, 0.25) is 5.02 Å². The molecule has 0 amide bonds. The van der Waals surface area contributed by atoms with E-state index in [-0.39, 0.29) is 12.4 Å². The number of aliphatic imine (C=N–C) groups is 1. The van der Waals surface area contributed by atoms with Crippen molar-refractivity contribution < 1.29 is 14.2 Å². The molecule has 2 aromatic rings. The number of benzene rings is 2. The van der Waals surface area contributed by atoms with Crippen molar-refractivity contribution in [2.24, 2.45) is 4.99 Å². The van der Waals surface area contributed by atoms with Crippen molar-refractivity contribution >= 4 is 17.6 Å². The number of aliphatic hydroxyl groups is 1. The van der Waals surface area contributed by atoms with Crippen molar-refractivity contribution in [3.8, 4) is 5.75 Å². The summed E-state index contributed by atoms with van der Waals surface area (Å²) in [5.41, 5.74) is 1.63. The zero-order valence-corrected chi connectivity index (χ0v) is 16.3. The minimum absolute atomic E-state index is 0.171. The van der Waals surface area contributed by atoms with Crippen LogP contribution in [-0.2, 0) is 6.42 Å². The van der Waals surface area contributed by atoms with E-state index in [9.17, 15) is 9.50 Å². The van der Waals surface area contributed by atoms with E-state index in [1.54, 1.807) is 25.3 Å². The number of rotatable bonds is 8. The summed E-state index contributed by atoms with van der Waals surface area (Å²) in [7, 11) is 1.60. The topological polar surface area (TPSA) is 65.9 Å². The van der Waals surface area contributed by atoms with Crippen LogP contribution in [-0.4, -0.2) is 37.8 Å². The van der Waals surface area contributed by atoms with Gasteiger partial charge in [-0.05, 0) is 48.7 Å². The largest absolute Gasteiger partial charge is 0.497 e. The third kappa shape index (κ3) is 6.73. The van der Waals surface area contributed by atoms with Gasteiger partial charge in [0, 0.05) is 18.1 Å². The second kappa shape index (κ2) is 10.7. The summed E-state index contributed by atoms with van der Waals surface area (Å²) in [6.45, 7) is 3.46. The number of halogens is 2. The van der Waals surface area contributed by atoms with Crippen LogP contribution in [0.5, 0.6) is 5.75 Å². The van der Waals surface area contributed by atoms with Crippen LogP contribution in [0.4, 0.5) is 4.39 Å². The van der Waals surface area contributed by atoms with E-state index in [2.05, 4.69) is 15.6 Å². The number of hydrogen-bond acceptors (Lipinski definition) is 3. The number of nitrogens with one attached hydrogen (secondary N) is 2. The summed E-state index contributed by atoms with van der Waals surface area (Å²) < 4.78 is 18.1. The summed E-state index contributed by atoms with van der Waals surface area (Å²) in [4.78, 5) is 4.39. The van der Waals surface area contributed by atoms with Gasteiger partial charge in [0.1, 0.15) is 11.6 Å². The summed E-state index contributed by atoms with van der Waals surface area (Å²) in [5.74, 6) is 0.992. The summed E-state index contributed by atoms with van der Waals surface area (Å²) >= 11 is 6.25. The molecule has 1 unspecified atom stereocenters. The smallest absolute Gasteiger partial charge is 0.191 e. The molecule has 0 aliphatic heterocycles. The molecule has 5 nitrogen and oxygen atoms in total. The predicted molar refractivity (Wildman–Crippen MR) is 107 cm³/mol. The van der Waals surface area contributed by atoms with E-state index in [1.165, 1.54) is 12.1 Å². The van der Waals surface area contributed by atoms with Crippen molar-refractivity contribution in [3.05, 3.63) is 64.4 Å². The fourth-order valence-electron chi connectivity index (χ4n) is 2.48. The van der Waals surface area contributed by atoms with Crippen molar-refractivity contribution in [1.82, 2.24) is 10.6 Å². The molecule has 3 N–H and O–H groups in total. The van der Waals surface area contributed by atoms with Gasteiger partial charge in [-0.25, -0.2) is 4.39 Å². The molecule has 0 saturated heterocycles. The first kappa shape index (κ1) is 21.0. The van der Waals surface area contributed by atoms with E-state index >= 15 is 0 Å². The van der Waals surface area contributed by atoms with Crippen LogP contribution >= 0.6 is 11.6 Å². The molecule has 0 aromatic heterocycles. The van der Waals surface area contributed by atoms with E-state index in [4.69, 9.17) is 16.3 Å². The Morgan fingerprint density at radius 1 is 1.22 bits per heavy atom. The van der Waals surface area contributed by atoms with E-state index in [0.29, 0.717) is 36.1 Å². The highest BCUT2D eigenvalue weighted by atomic mass is 35.5. The van der Waals surface area contributed by atoms with Crippen molar-refractivity contribution in [2.45, 2.75) is 19.4 Å². The first-order valence-corrected chi connectivity index (χ1v) is 9.19. The minimum Gasteiger partial charge on any atom is -0.497 e. The Labute approximate surface area is 164 Å². The average Bonchev–Trinajstić information content (AvgIpc) is 2.67. The SMILES string of the molecule is CCNC(=NCC(O)c1ccc(F)cc1)NCCc1ccc(OC)cc1Cl. The Bertz CT molecular complexity index is 753. The fourth-order valence-corrected chi connectivity index (χ4v) is 2.75. The zero-order chi connectivity index (χ0) is 19.6. The Morgan fingerprint density at radius 3 is 2.59 bits per heavy atom. The van der Waals surface area contributed by atoms with Gasteiger partial charge in [0.05, 0.1) is 19.8 Å². The number of nitrogens with zero attached hydrogens (tertiary/aromatic N) is 1. The number of hydrogen-bond donors (Lipinski definition) is 3. The molecule has 0 aliphatic rings. The molecule has 2 rings (SSSR count). The number of ether oxygens (including phenoxy) is 1. The second-order valence-electron chi connectivity index (χ2n) is 5.92. The lowest BCUT2D eigenvalue weighted by Crippen LogP contribution is -2.38. The highest BCUT2D eigenvalue weighted by Crippen LogP contribution is 2.22. The van der Waals surface area contributed by atoms with Crippen LogP contribution in [0, 0.1) is 5.82 Å². The highest BCUT2D eigenvalue weighted by Gasteiger charge is 2.08. The Morgan fingerprint density at radius 2 is 1.96 bits per heavy atom. The van der Waals surface area contributed by atoms with Crippen LogP contribution in [0.3, 0.4) is 0 Å². The molecule has 0 heterocycles. The van der Waals surface area contributed by atoms with Gasteiger partial charge in [-0.2, -0.15) is 0 Å². The summed E-state index contributed by atoms with van der Waals surface area (Å²) in [6, 6.07) is 11.4. The van der Waals surface area contributed by atoms with Gasteiger partial charge in [0.2, 0.25) is 0 Å².